The van der Waals surface area contributed by atoms with Crippen molar-refractivity contribution in [2.24, 2.45) is 0 Å². The predicted octanol–water partition coefficient (Wildman–Crippen LogP) is 4.67. The second-order valence-electron chi connectivity index (χ2n) is 6.00. The van der Waals surface area contributed by atoms with Crippen LogP contribution in [-0.4, -0.2) is 26.3 Å². The first-order valence-corrected chi connectivity index (χ1v) is 9.74. The van der Waals surface area contributed by atoms with Gasteiger partial charge < -0.3 is 10.1 Å². The average molecular weight is 382 g/mol. The van der Waals surface area contributed by atoms with E-state index in [1.165, 1.54) is 11.8 Å². The van der Waals surface area contributed by atoms with Crippen LogP contribution in [0, 0.1) is 0 Å². The fourth-order valence-corrected chi connectivity index (χ4v) is 3.11. The first-order chi connectivity index (χ1) is 13.1. The molecular weight excluding hydrogens is 360 g/mol. The number of aryl methyl sites for hydroxylation is 1. The predicted molar refractivity (Wildman–Crippen MR) is 107 cm³/mol. The van der Waals surface area contributed by atoms with Crippen LogP contribution in [0.2, 0.25) is 0 Å². The zero-order chi connectivity index (χ0) is 19.1. The van der Waals surface area contributed by atoms with Crippen LogP contribution in [0.5, 0.6) is 11.5 Å². The van der Waals surface area contributed by atoms with Crippen LogP contribution in [-0.2, 0) is 11.2 Å². The minimum absolute atomic E-state index is 0.0985. The third-order valence-corrected chi connectivity index (χ3v) is 4.71. The van der Waals surface area contributed by atoms with Gasteiger partial charge in [-0.2, -0.15) is 0 Å². The van der Waals surface area contributed by atoms with Crippen molar-refractivity contribution in [2.75, 3.05) is 5.32 Å². The lowest BCUT2D eigenvalue weighted by Crippen LogP contribution is -2.22. The number of H-pyrrole nitrogens is 1. The van der Waals surface area contributed by atoms with E-state index in [0.29, 0.717) is 10.9 Å². The van der Waals surface area contributed by atoms with Gasteiger partial charge in [0.15, 0.2) is 0 Å². The Kier molecular flexibility index (Phi) is 6.49. The molecule has 0 fully saturated rings. The Morgan fingerprint density at radius 3 is 2.56 bits per heavy atom. The monoisotopic (exact) mass is 382 g/mol. The Bertz CT molecular complexity index is 865. The van der Waals surface area contributed by atoms with Gasteiger partial charge in [-0.25, -0.2) is 4.98 Å². The van der Waals surface area contributed by atoms with E-state index < -0.39 is 0 Å². The number of amides is 1. The number of rotatable bonds is 8. The number of ether oxygens (including phenoxy) is 1. The molecule has 2 aromatic carbocycles. The van der Waals surface area contributed by atoms with Gasteiger partial charge in [-0.1, -0.05) is 36.9 Å². The van der Waals surface area contributed by atoms with Gasteiger partial charge in [-0.15, -0.1) is 5.10 Å². The SMILES string of the molecule is CCCc1nc(SC(C)C(=O)Nc2ccc(Oc3ccccc3)cc2)n[nH]1. The zero-order valence-corrected chi connectivity index (χ0v) is 16.1. The summed E-state index contributed by atoms with van der Waals surface area (Å²) in [4.78, 5) is 16.8. The van der Waals surface area contributed by atoms with Crippen molar-refractivity contribution in [3.05, 3.63) is 60.4 Å². The molecule has 0 aliphatic heterocycles. The Morgan fingerprint density at radius 2 is 1.85 bits per heavy atom. The van der Waals surface area contributed by atoms with Crippen molar-refractivity contribution in [2.45, 2.75) is 37.1 Å². The molecule has 0 radical (unpaired) electrons. The Labute approximate surface area is 162 Å². The maximum absolute atomic E-state index is 12.4. The normalized spacial score (nSPS) is 11.8. The summed E-state index contributed by atoms with van der Waals surface area (Å²) in [7, 11) is 0. The van der Waals surface area contributed by atoms with Crippen molar-refractivity contribution in [3.63, 3.8) is 0 Å². The summed E-state index contributed by atoms with van der Waals surface area (Å²) in [6.45, 7) is 3.92. The Balaban J connectivity index is 1.53. The average Bonchev–Trinajstić information content (AvgIpc) is 3.11. The van der Waals surface area contributed by atoms with Gasteiger partial charge in [0.05, 0.1) is 5.25 Å². The second kappa shape index (κ2) is 9.23. The highest BCUT2D eigenvalue weighted by Gasteiger charge is 2.17. The van der Waals surface area contributed by atoms with E-state index in [1.54, 1.807) is 0 Å². The van der Waals surface area contributed by atoms with Gasteiger partial charge in [-0.05, 0) is 49.7 Å². The van der Waals surface area contributed by atoms with E-state index >= 15 is 0 Å². The molecule has 0 saturated carbocycles. The molecular formula is C20H22N4O2S. The number of hydrogen-bond acceptors (Lipinski definition) is 5. The summed E-state index contributed by atoms with van der Waals surface area (Å²) in [5, 5.41) is 10.2. The van der Waals surface area contributed by atoms with Crippen molar-refractivity contribution in [3.8, 4) is 11.5 Å². The van der Waals surface area contributed by atoms with E-state index in [-0.39, 0.29) is 11.2 Å². The fourth-order valence-electron chi connectivity index (χ4n) is 2.37. The van der Waals surface area contributed by atoms with Crippen LogP contribution in [0.3, 0.4) is 0 Å². The van der Waals surface area contributed by atoms with E-state index in [0.717, 1.165) is 30.1 Å². The van der Waals surface area contributed by atoms with Gasteiger partial charge in [-0.3, -0.25) is 9.89 Å². The third-order valence-electron chi connectivity index (χ3n) is 3.75. The summed E-state index contributed by atoms with van der Waals surface area (Å²) in [6, 6.07) is 16.9. The molecule has 3 aromatic rings. The lowest BCUT2D eigenvalue weighted by molar-refractivity contribution is -0.115. The van der Waals surface area contributed by atoms with Gasteiger partial charge >= 0.3 is 0 Å². The summed E-state index contributed by atoms with van der Waals surface area (Å²) in [5.74, 6) is 2.24. The van der Waals surface area contributed by atoms with E-state index in [4.69, 9.17) is 4.74 Å². The molecule has 140 valence electrons. The minimum Gasteiger partial charge on any atom is -0.457 e. The first-order valence-electron chi connectivity index (χ1n) is 8.86. The molecule has 7 heteroatoms. The number of carbonyl (C=O) groups excluding carboxylic acids is 1. The number of anilines is 1. The van der Waals surface area contributed by atoms with Crippen LogP contribution in [0.1, 0.15) is 26.1 Å². The Hall–Kier alpha value is -2.80. The largest absolute Gasteiger partial charge is 0.457 e. The number of thioether (sulfide) groups is 1. The third kappa shape index (κ3) is 5.59. The van der Waals surface area contributed by atoms with Gasteiger partial charge in [0.2, 0.25) is 11.1 Å². The van der Waals surface area contributed by atoms with Crippen molar-refractivity contribution in [1.82, 2.24) is 15.2 Å². The van der Waals surface area contributed by atoms with Gasteiger partial charge in [0.1, 0.15) is 17.3 Å². The number of aromatic amines is 1. The molecule has 0 aliphatic rings. The summed E-state index contributed by atoms with van der Waals surface area (Å²) < 4.78 is 5.75. The fraction of sp³-hybridized carbons (Fsp3) is 0.250. The first kappa shape index (κ1) is 19.0. The molecule has 0 bridgehead atoms. The number of aromatic nitrogens is 3. The summed E-state index contributed by atoms with van der Waals surface area (Å²) in [6.07, 6.45) is 1.85. The standard InChI is InChI=1S/C20H22N4O2S/c1-3-7-18-22-20(24-23-18)27-14(2)19(25)21-15-10-12-17(13-11-15)26-16-8-5-4-6-9-16/h4-6,8-14H,3,7H2,1-2H3,(H,21,25)(H,22,23,24). The van der Waals surface area contributed by atoms with E-state index in [9.17, 15) is 4.79 Å². The minimum atomic E-state index is -0.310. The molecule has 3 rings (SSSR count). The molecule has 1 atom stereocenters. The van der Waals surface area contributed by atoms with Crippen LogP contribution < -0.4 is 10.1 Å². The van der Waals surface area contributed by atoms with Crippen LogP contribution in [0.25, 0.3) is 0 Å². The van der Waals surface area contributed by atoms with Crippen LogP contribution in [0.4, 0.5) is 5.69 Å². The molecule has 0 spiro atoms. The highest BCUT2D eigenvalue weighted by Crippen LogP contribution is 2.24. The molecule has 27 heavy (non-hydrogen) atoms. The highest BCUT2D eigenvalue weighted by atomic mass is 32.2. The van der Waals surface area contributed by atoms with E-state index in [1.807, 2.05) is 61.5 Å². The van der Waals surface area contributed by atoms with Crippen LogP contribution >= 0.6 is 11.8 Å². The molecule has 1 unspecified atom stereocenters. The van der Waals surface area contributed by atoms with Crippen LogP contribution in [0.15, 0.2) is 59.8 Å². The zero-order valence-electron chi connectivity index (χ0n) is 15.3. The van der Waals surface area contributed by atoms with Crippen molar-refractivity contribution in [1.29, 1.82) is 0 Å². The van der Waals surface area contributed by atoms with Gasteiger partial charge in [0, 0.05) is 12.1 Å². The lowest BCUT2D eigenvalue weighted by atomic mass is 10.3. The number of para-hydroxylation sites is 1. The molecule has 6 nitrogen and oxygen atoms in total. The molecule has 1 aromatic heterocycles. The number of benzene rings is 2. The summed E-state index contributed by atoms with van der Waals surface area (Å²) >= 11 is 1.33. The summed E-state index contributed by atoms with van der Waals surface area (Å²) in [5.41, 5.74) is 0.717. The molecule has 0 aliphatic carbocycles. The Morgan fingerprint density at radius 1 is 1.15 bits per heavy atom. The number of carbonyl (C=O) groups is 1. The maximum Gasteiger partial charge on any atom is 0.237 e. The second-order valence-corrected chi connectivity index (χ2v) is 7.31. The van der Waals surface area contributed by atoms with Gasteiger partial charge in [0.25, 0.3) is 0 Å². The number of nitrogens with one attached hydrogen (secondary N) is 2. The number of nitrogens with zero attached hydrogens (tertiary/aromatic N) is 2. The quantitative estimate of drug-likeness (QED) is 0.554. The topological polar surface area (TPSA) is 79.9 Å². The number of hydrogen-bond donors (Lipinski definition) is 2. The highest BCUT2D eigenvalue weighted by molar-refractivity contribution is 8.00. The van der Waals surface area contributed by atoms with Crippen molar-refractivity contribution >= 4 is 23.4 Å². The lowest BCUT2D eigenvalue weighted by Gasteiger charge is -2.11. The molecule has 0 saturated heterocycles. The smallest absolute Gasteiger partial charge is 0.237 e. The molecule has 2 N–H and O–H groups in total. The molecule has 1 amide bonds. The van der Waals surface area contributed by atoms with Crippen molar-refractivity contribution < 1.29 is 9.53 Å². The van der Waals surface area contributed by atoms with E-state index in [2.05, 4.69) is 27.4 Å². The maximum atomic E-state index is 12.4. The molecule has 1 heterocycles.